The fourth-order valence-corrected chi connectivity index (χ4v) is 2.45. The molecular formula is C12H17ClN2. The average molecular weight is 225 g/mol. The summed E-state index contributed by atoms with van der Waals surface area (Å²) in [6.45, 7) is 3.97. The third-order valence-corrected chi connectivity index (χ3v) is 3.69. The van der Waals surface area contributed by atoms with Crippen LogP contribution in [0, 0.1) is 19.8 Å². The first-order valence-electron chi connectivity index (χ1n) is 5.66. The molecule has 0 radical (unpaired) electrons. The Morgan fingerprint density at radius 3 is 2.47 bits per heavy atom. The van der Waals surface area contributed by atoms with Gasteiger partial charge >= 0.3 is 0 Å². The van der Waals surface area contributed by atoms with Crippen LogP contribution >= 0.6 is 11.6 Å². The minimum absolute atomic E-state index is 0.621. The largest absolute Gasteiger partial charge is 0.238 e. The van der Waals surface area contributed by atoms with E-state index in [0.717, 1.165) is 29.4 Å². The first-order chi connectivity index (χ1) is 7.16. The molecule has 0 aliphatic heterocycles. The standard InChI is InChI=1S/C12H17ClN2/c1-8-9(2)14-11(15-12(8)13)7-10-5-3-4-6-10/h10H,3-7H2,1-2H3. The highest BCUT2D eigenvalue weighted by molar-refractivity contribution is 6.30. The number of aromatic nitrogens is 2. The van der Waals surface area contributed by atoms with Crippen LogP contribution < -0.4 is 0 Å². The van der Waals surface area contributed by atoms with Gasteiger partial charge in [0, 0.05) is 17.7 Å². The number of halogens is 1. The lowest BCUT2D eigenvalue weighted by Crippen LogP contribution is -2.06. The third kappa shape index (κ3) is 2.49. The lowest BCUT2D eigenvalue weighted by atomic mass is 10.0. The molecule has 0 aromatic carbocycles. The van der Waals surface area contributed by atoms with E-state index in [-0.39, 0.29) is 0 Å². The van der Waals surface area contributed by atoms with Gasteiger partial charge in [-0.05, 0) is 19.8 Å². The Bertz CT molecular complexity index is 334. The van der Waals surface area contributed by atoms with Gasteiger partial charge in [-0.3, -0.25) is 0 Å². The highest BCUT2D eigenvalue weighted by Gasteiger charge is 2.17. The minimum atomic E-state index is 0.621. The second kappa shape index (κ2) is 4.48. The van der Waals surface area contributed by atoms with Crippen molar-refractivity contribution in [2.24, 2.45) is 5.92 Å². The van der Waals surface area contributed by atoms with Gasteiger partial charge < -0.3 is 0 Å². The molecular weight excluding hydrogens is 208 g/mol. The van der Waals surface area contributed by atoms with Crippen LogP contribution in [-0.2, 0) is 6.42 Å². The van der Waals surface area contributed by atoms with Crippen molar-refractivity contribution in [1.29, 1.82) is 0 Å². The van der Waals surface area contributed by atoms with Gasteiger partial charge in [0.2, 0.25) is 0 Å². The Labute approximate surface area is 96.1 Å². The molecule has 15 heavy (non-hydrogen) atoms. The summed E-state index contributed by atoms with van der Waals surface area (Å²) in [7, 11) is 0. The Morgan fingerprint density at radius 2 is 1.87 bits per heavy atom. The van der Waals surface area contributed by atoms with Crippen LogP contribution in [0.3, 0.4) is 0 Å². The number of hydrogen-bond acceptors (Lipinski definition) is 2. The quantitative estimate of drug-likeness (QED) is 0.719. The fraction of sp³-hybridized carbons (Fsp3) is 0.667. The molecule has 82 valence electrons. The van der Waals surface area contributed by atoms with E-state index in [9.17, 15) is 0 Å². The van der Waals surface area contributed by atoms with E-state index in [1.165, 1.54) is 25.7 Å². The lowest BCUT2D eigenvalue weighted by molar-refractivity contribution is 0.529. The predicted octanol–water partition coefficient (Wildman–Crippen LogP) is 3.48. The van der Waals surface area contributed by atoms with Gasteiger partial charge in [-0.2, -0.15) is 0 Å². The van der Waals surface area contributed by atoms with E-state index in [1.54, 1.807) is 0 Å². The molecule has 1 aliphatic rings. The van der Waals surface area contributed by atoms with Crippen LogP contribution in [-0.4, -0.2) is 9.97 Å². The van der Waals surface area contributed by atoms with Gasteiger partial charge in [0.15, 0.2) is 0 Å². The van der Waals surface area contributed by atoms with Crippen LogP contribution in [0.4, 0.5) is 0 Å². The fourth-order valence-electron chi connectivity index (χ4n) is 2.21. The molecule has 0 N–H and O–H groups in total. The normalized spacial score (nSPS) is 17.3. The van der Waals surface area contributed by atoms with Gasteiger partial charge in [-0.15, -0.1) is 0 Å². The minimum Gasteiger partial charge on any atom is -0.238 e. The number of nitrogens with zero attached hydrogens (tertiary/aromatic N) is 2. The van der Waals surface area contributed by atoms with Crippen molar-refractivity contribution in [3.05, 3.63) is 22.2 Å². The van der Waals surface area contributed by atoms with E-state index in [2.05, 4.69) is 9.97 Å². The average Bonchev–Trinajstić information content (AvgIpc) is 2.66. The Kier molecular flexibility index (Phi) is 3.25. The predicted molar refractivity (Wildman–Crippen MR) is 62.2 cm³/mol. The summed E-state index contributed by atoms with van der Waals surface area (Å²) in [6, 6.07) is 0. The van der Waals surface area contributed by atoms with Crippen molar-refractivity contribution in [3.8, 4) is 0 Å². The van der Waals surface area contributed by atoms with Gasteiger partial charge in [-0.25, -0.2) is 9.97 Å². The monoisotopic (exact) mass is 224 g/mol. The molecule has 0 atom stereocenters. The zero-order chi connectivity index (χ0) is 10.8. The first-order valence-corrected chi connectivity index (χ1v) is 6.04. The maximum atomic E-state index is 6.05. The highest BCUT2D eigenvalue weighted by atomic mass is 35.5. The maximum absolute atomic E-state index is 6.05. The van der Waals surface area contributed by atoms with E-state index < -0.39 is 0 Å². The van der Waals surface area contributed by atoms with Gasteiger partial charge in [0.25, 0.3) is 0 Å². The summed E-state index contributed by atoms with van der Waals surface area (Å²) in [5.74, 6) is 1.71. The molecule has 1 fully saturated rings. The summed E-state index contributed by atoms with van der Waals surface area (Å²) in [5.41, 5.74) is 2.02. The van der Waals surface area contributed by atoms with Gasteiger partial charge in [0.1, 0.15) is 11.0 Å². The Balaban J connectivity index is 2.14. The van der Waals surface area contributed by atoms with Crippen molar-refractivity contribution < 1.29 is 0 Å². The molecule has 1 aromatic heterocycles. The van der Waals surface area contributed by atoms with Crippen molar-refractivity contribution in [2.75, 3.05) is 0 Å². The Morgan fingerprint density at radius 1 is 1.20 bits per heavy atom. The van der Waals surface area contributed by atoms with Crippen LogP contribution in [0.25, 0.3) is 0 Å². The number of hydrogen-bond donors (Lipinski definition) is 0. The molecule has 3 heteroatoms. The SMILES string of the molecule is Cc1nc(CC2CCCC2)nc(Cl)c1C. The number of rotatable bonds is 2. The van der Waals surface area contributed by atoms with E-state index >= 15 is 0 Å². The second-order valence-electron chi connectivity index (χ2n) is 4.50. The first kappa shape index (κ1) is 10.9. The van der Waals surface area contributed by atoms with Crippen molar-refractivity contribution in [2.45, 2.75) is 46.0 Å². The summed E-state index contributed by atoms with van der Waals surface area (Å²) in [6.07, 6.45) is 6.38. The highest BCUT2D eigenvalue weighted by Crippen LogP contribution is 2.27. The van der Waals surface area contributed by atoms with Gasteiger partial charge in [0.05, 0.1) is 0 Å². The zero-order valence-electron chi connectivity index (χ0n) is 9.39. The van der Waals surface area contributed by atoms with Crippen LogP contribution in [0.15, 0.2) is 0 Å². The molecule has 2 nitrogen and oxygen atoms in total. The molecule has 0 unspecified atom stereocenters. The summed E-state index contributed by atoms with van der Waals surface area (Å²) in [4.78, 5) is 8.85. The van der Waals surface area contributed by atoms with Crippen molar-refractivity contribution in [1.82, 2.24) is 9.97 Å². The van der Waals surface area contributed by atoms with Crippen LogP contribution in [0.2, 0.25) is 5.15 Å². The third-order valence-electron chi connectivity index (χ3n) is 3.32. The maximum Gasteiger partial charge on any atom is 0.135 e. The Hall–Kier alpha value is -0.630. The molecule has 0 bridgehead atoms. The molecule has 1 heterocycles. The molecule has 0 spiro atoms. The topological polar surface area (TPSA) is 25.8 Å². The molecule has 0 amide bonds. The molecule has 1 saturated carbocycles. The zero-order valence-corrected chi connectivity index (χ0v) is 10.1. The lowest BCUT2D eigenvalue weighted by Gasteiger charge is -2.09. The van der Waals surface area contributed by atoms with Gasteiger partial charge in [-0.1, -0.05) is 37.3 Å². The van der Waals surface area contributed by atoms with E-state index in [0.29, 0.717) is 5.15 Å². The van der Waals surface area contributed by atoms with Crippen LogP contribution in [0.5, 0.6) is 0 Å². The summed E-state index contributed by atoms with van der Waals surface area (Å²) >= 11 is 6.05. The van der Waals surface area contributed by atoms with Crippen LogP contribution in [0.1, 0.15) is 42.8 Å². The summed E-state index contributed by atoms with van der Waals surface area (Å²) < 4.78 is 0. The molecule has 1 aromatic rings. The molecule has 1 aliphatic carbocycles. The smallest absolute Gasteiger partial charge is 0.135 e. The molecule has 2 rings (SSSR count). The molecule has 0 saturated heterocycles. The van der Waals surface area contributed by atoms with E-state index in [1.807, 2.05) is 13.8 Å². The summed E-state index contributed by atoms with van der Waals surface area (Å²) in [5, 5.41) is 0.621. The van der Waals surface area contributed by atoms with Crippen molar-refractivity contribution in [3.63, 3.8) is 0 Å². The second-order valence-corrected chi connectivity index (χ2v) is 4.85. The van der Waals surface area contributed by atoms with Crippen molar-refractivity contribution >= 4 is 11.6 Å². The number of aryl methyl sites for hydroxylation is 1. The van der Waals surface area contributed by atoms with E-state index in [4.69, 9.17) is 11.6 Å².